The normalized spacial score (nSPS) is 7.78. The summed E-state index contributed by atoms with van der Waals surface area (Å²) in [5.74, 6) is 29.9. The van der Waals surface area contributed by atoms with Crippen molar-refractivity contribution in [3.63, 3.8) is 0 Å². The van der Waals surface area contributed by atoms with Crippen molar-refractivity contribution >= 4 is 0 Å². The van der Waals surface area contributed by atoms with Gasteiger partial charge in [0.15, 0.2) is 11.5 Å². The van der Waals surface area contributed by atoms with E-state index in [1.54, 1.807) is 7.11 Å². The van der Waals surface area contributed by atoms with Crippen LogP contribution in [-0.2, 0) is 12.0 Å². The third-order valence-electron chi connectivity index (χ3n) is 3.97. The molecule has 2 aromatic rings. The fourth-order valence-corrected chi connectivity index (χ4v) is 2.31. The number of terminal acetylenes is 2. The summed E-state index contributed by atoms with van der Waals surface area (Å²) in [7, 11) is 1.68. The molecule has 0 radical (unpaired) electrons. The third kappa shape index (κ3) is 14.1. The van der Waals surface area contributed by atoms with Gasteiger partial charge in [-0.3, -0.25) is 10.5 Å². The summed E-state index contributed by atoms with van der Waals surface area (Å²) in [5.41, 5.74) is 2.49. The Hall–Kier alpha value is -5.12. The van der Waals surface area contributed by atoms with E-state index in [0.717, 1.165) is 17.1 Å². The highest BCUT2D eigenvalue weighted by molar-refractivity contribution is 5.45. The molecule has 0 bridgehead atoms. The van der Waals surface area contributed by atoms with Crippen molar-refractivity contribution in [2.75, 3.05) is 7.11 Å². The van der Waals surface area contributed by atoms with Gasteiger partial charge in [-0.05, 0) is 99.7 Å². The van der Waals surface area contributed by atoms with E-state index in [4.69, 9.17) is 32.8 Å². The first-order chi connectivity index (χ1) is 17.4. The quantitative estimate of drug-likeness (QED) is 0.313. The zero-order chi connectivity index (χ0) is 27.1. The largest absolute Gasteiger partial charge is 0.493 e. The standard InChI is InChI=1S/C18H22O2.C14H2.H2O2.5H2/c1-18(2,3)15-10-11-16(17(12-15)19-4)20-13-14-8-6-5-7-9-14;1-3-5-7-9-11-13-14-12-10-8-6-4-2;1-2;;;;;/h5-12H,13H2,1-4H3;1-2H;1-2H;5*1H. The highest BCUT2D eigenvalue weighted by Gasteiger charge is 2.16. The fraction of sp³-hybridized carbons (Fsp3) is 0.188. The predicted molar refractivity (Wildman–Crippen MR) is 155 cm³/mol. The van der Waals surface area contributed by atoms with Gasteiger partial charge in [0.1, 0.15) is 6.61 Å². The second-order valence-corrected chi connectivity index (χ2v) is 7.43. The maximum Gasteiger partial charge on any atom is 0.161 e. The van der Waals surface area contributed by atoms with E-state index in [2.05, 4.69) is 116 Å². The molecular formula is C32H36O4. The highest BCUT2D eigenvalue weighted by atomic mass is 17.0. The van der Waals surface area contributed by atoms with Crippen LogP contribution in [-0.4, -0.2) is 17.6 Å². The van der Waals surface area contributed by atoms with Crippen molar-refractivity contribution in [1.29, 1.82) is 0 Å². The fourth-order valence-electron chi connectivity index (χ4n) is 2.31. The molecule has 2 N–H and O–H groups in total. The zero-order valence-electron chi connectivity index (χ0n) is 20.7. The average molecular weight is 485 g/mol. The molecule has 188 valence electrons. The molecule has 36 heavy (non-hydrogen) atoms. The van der Waals surface area contributed by atoms with E-state index >= 15 is 0 Å². The Balaban J connectivity index is -0.000000132. The molecule has 0 unspecified atom stereocenters. The number of methoxy groups -OCH3 is 1. The summed E-state index contributed by atoms with van der Waals surface area (Å²) in [6.07, 6.45) is 9.71. The minimum Gasteiger partial charge on any atom is -0.493 e. The summed E-state index contributed by atoms with van der Waals surface area (Å²) < 4.78 is 11.3. The van der Waals surface area contributed by atoms with E-state index in [1.165, 1.54) is 5.56 Å². The second-order valence-electron chi connectivity index (χ2n) is 7.43. The van der Waals surface area contributed by atoms with Gasteiger partial charge in [0.2, 0.25) is 0 Å². The summed E-state index contributed by atoms with van der Waals surface area (Å²) in [4.78, 5) is 0. The molecule has 0 aliphatic heterocycles. The maximum atomic E-state index is 6.00. The summed E-state index contributed by atoms with van der Waals surface area (Å²) in [6.45, 7) is 7.11. The second kappa shape index (κ2) is 19.4. The minimum atomic E-state index is 0. The molecule has 2 rings (SSSR count). The van der Waals surface area contributed by atoms with Gasteiger partial charge in [0, 0.05) is 7.13 Å². The minimum absolute atomic E-state index is 0. The van der Waals surface area contributed by atoms with Crippen molar-refractivity contribution in [3.05, 3.63) is 59.7 Å². The Bertz CT molecular complexity index is 1320. The van der Waals surface area contributed by atoms with Gasteiger partial charge in [0.25, 0.3) is 0 Å². The number of rotatable bonds is 4. The van der Waals surface area contributed by atoms with Crippen LogP contribution in [0, 0.1) is 83.9 Å². The van der Waals surface area contributed by atoms with Gasteiger partial charge in [-0.1, -0.05) is 57.2 Å². The molecule has 4 nitrogen and oxygen atoms in total. The van der Waals surface area contributed by atoms with Crippen LogP contribution in [0.25, 0.3) is 0 Å². The van der Waals surface area contributed by atoms with Crippen molar-refractivity contribution in [3.8, 4) is 95.4 Å². The first-order valence-corrected chi connectivity index (χ1v) is 10.4. The molecule has 0 saturated carbocycles. The van der Waals surface area contributed by atoms with E-state index in [-0.39, 0.29) is 12.5 Å². The SMILES string of the molecule is C#CC#CC#CC#CC#CC#CC#C.COc1cc(C(C)(C)C)ccc1OCc1ccccc1.OO.[HH].[HH].[HH].[HH].[HH]. The molecule has 0 heterocycles. The van der Waals surface area contributed by atoms with Crippen molar-refractivity contribution in [2.24, 2.45) is 0 Å². The van der Waals surface area contributed by atoms with Gasteiger partial charge in [-0.15, -0.1) is 12.8 Å². The van der Waals surface area contributed by atoms with Crippen LogP contribution < -0.4 is 9.47 Å². The number of benzene rings is 2. The Morgan fingerprint density at radius 3 is 1.61 bits per heavy atom. The molecule has 0 aromatic heterocycles. The van der Waals surface area contributed by atoms with Crippen LogP contribution in [0.2, 0.25) is 0 Å². The number of hydrogen-bond donors (Lipinski definition) is 2. The van der Waals surface area contributed by atoms with Gasteiger partial charge in [-0.25, -0.2) is 0 Å². The van der Waals surface area contributed by atoms with Crippen LogP contribution in [0.1, 0.15) is 39.0 Å². The van der Waals surface area contributed by atoms with Gasteiger partial charge in [-0.2, -0.15) is 0 Å². The van der Waals surface area contributed by atoms with E-state index < -0.39 is 0 Å². The number of hydrogen-bond acceptors (Lipinski definition) is 4. The van der Waals surface area contributed by atoms with Crippen LogP contribution in [0.15, 0.2) is 48.5 Å². The molecule has 0 aliphatic carbocycles. The lowest BCUT2D eigenvalue weighted by atomic mass is 9.87. The van der Waals surface area contributed by atoms with Gasteiger partial charge < -0.3 is 9.47 Å². The van der Waals surface area contributed by atoms with Gasteiger partial charge in [0.05, 0.1) is 7.11 Å². The molecule has 0 fully saturated rings. The van der Waals surface area contributed by atoms with E-state index in [0.29, 0.717) is 6.61 Å². The Kier molecular flexibility index (Phi) is 16.6. The van der Waals surface area contributed by atoms with Crippen molar-refractivity contribution in [2.45, 2.75) is 32.8 Å². The van der Waals surface area contributed by atoms with Crippen molar-refractivity contribution in [1.82, 2.24) is 0 Å². The molecule has 0 amide bonds. The first kappa shape index (κ1) is 30.9. The van der Waals surface area contributed by atoms with Crippen LogP contribution in [0.5, 0.6) is 11.5 Å². The Morgan fingerprint density at radius 2 is 1.19 bits per heavy atom. The Labute approximate surface area is 222 Å². The first-order valence-electron chi connectivity index (χ1n) is 10.4. The topological polar surface area (TPSA) is 58.9 Å². The molecule has 4 heteroatoms. The maximum absolute atomic E-state index is 6.00. The van der Waals surface area contributed by atoms with Crippen LogP contribution >= 0.6 is 0 Å². The zero-order valence-corrected chi connectivity index (χ0v) is 20.7. The lowest BCUT2D eigenvalue weighted by Crippen LogP contribution is -2.11. The third-order valence-corrected chi connectivity index (χ3v) is 3.97. The summed E-state index contributed by atoms with van der Waals surface area (Å²) in [5, 5.41) is 12.0. The molecule has 0 atom stereocenters. The Morgan fingerprint density at radius 1 is 0.722 bits per heavy atom. The van der Waals surface area contributed by atoms with Crippen molar-refractivity contribution < 1.29 is 27.1 Å². The monoisotopic (exact) mass is 484 g/mol. The summed E-state index contributed by atoms with van der Waals surface area (Å²) >= 11 is 0. The molecule has 0 spiro atoms. The lowest BCUT2D eigenvalue weighted by molar-refractivity contribution is -0.176. The highest BCUT2D eigenvalue weighted by Crippen LogP contribution is 2.33. The molecule has 0 saturated heterocycles. The molecular weight excluding hydrogens is 448 g/mol. The average Bonchev–Trinajstić information content (AvgIpc) is 2.90. The predicted octanol–water partition coefficient (Wildman–Crippen LogP) is 6.09. The van der Waals surface area contributed by atoms with Crippen LogP contribution in [0.4, 0.5) is 0 Å². The van der Waals surface area contributed by atoms with Crippen LogP contribution in [0.3, 0.4) is 0 Å². The smallest absolute Gasteiger partial charge is 0.161 e. The van der Waals surface area contributed by atoms with Gasteiger partial charge >= 0.3 is 0 Å². The summed E-state index contributed by atoms with van der Waals surface area (Å²) in [6, 6.07) is 16.3. The van der Waals surface area contributed by atoms with E-state index in [9.17, 15) is 0 Å². The lowest BCUT2D eigenvalue weighted by Gasteiger charge is -2.21. The van der Waals surface area contributed by atoms with E-state index in [1.807, 2.05) is 24.3 Å². The number of ether oxygens (including phenoxy) is 2. The molecule has 2 aromatic carbocycles. The molecule has 0 aliphatic rings.